The van der Waals surface area contributed by atoms with Gasteiger partial charge in [-0.25, -0.2) is 0 Å². The Morgan fingerprint density at radius 2 is 1.55 bits per heavy atom. The van der Waals surface area contributed by atoms with Gasteiger partial charge in [-0.1, -0.05) is 39.5 Å². The Morgan fingerprint density at radius 3 is 2.19 bits per heavy atom. The summed E-state index contributed by atoms with van der Waals surface area (Å²) in [6, 6.07) is 19.9. The first-order valence-electron chi connectivity index (χ1n) is 11.4. The van der Waals surface area contributed by atoms with Crippen LogP contribution in [0.25, 0.3) is 11.6 Å². The molecule has 31 heavy (non-hydrogen) atoms. The Kier molecular flexibility index (Phi) is 13.9. The van der Waals surface area contributed by atoms with Crippen molar-refractivity contribution in [1.29, 1.82) is 0 Å². The molecule has 0 N–H and O–H groups in total. The molecule has 2 aromatic carbocycles. The van der Waals surface area contributed by atoms with Crippen molar-refractivity contribution in [3.8, 4) is 0 Å². The molecule has 0 nitrogen and oxygen atoms in total. The average molecular weight is 550 g/mol. The number of benzene rings is 2. The van der Waals surface area contributed by atoms with Crippen molar-refractivity contribution in [2.24, 2.45) is 0 Å². The van der Waals surface area contributed by atoms with Crippen LogP contribution in [0, 0.1) is 0 Å². The molecule has 0 spiro atoms. The van der Waals surface area contributed by atoms with Crippen molar-refractivity contribution < 1.29 is 45.7 Å². The predicted molar refractivity (Wildman–Crippen MR) is 130 cm³/mol. The summed E-state index contributed by atoms with van der Waals surface area (Å²) in [5, 5.41) is 0. The van der Waals surface area contributed by atoms with Crippen molar-refractivity contribution in [3.05, 3.63) is 92.8 Å². The summed E-state index contributed by atoms with van der Waals surface area (Å²) in [6.07, 6.45) is 16.7. The zero-order valence-electron chi connectivity index (χ0n) is 19.1. The van der Waals surface area contributed by atoms with Crippen LogP contribution in [0.4, 0.5) is 0 Å². The third kappa shape index (κ3) is 7.71. The first-order chi connectivity index (χ1) is 14.3. The molecule has 0 radical (unpaired) electrons. The normalized spacial score (nSPS) is 15.9. The van der Waals surface area contributed by atoms with Gasteiger partial charge in [-0.05, 0) is 0 Å². The summed E-state index contributed by atoms with van der Waals surface area (Å²) in [6.45, 7) is 7.08. The second kappa shape index (κ2) is 15.2. The van der Waals surface area contributed by atoms with Gasteiger partial charge < -0.3 is 24.8 Å². The summed E-state index contributed by atoms with van der Waals surface area (Å²) in [4.78, 5) is 0. The second-order valence-corrected chi connectivity index (χ2v) is 24.1. The molecule has 4 heteroatoms. The van der Waals surface area contributed by atoms with Gasteiger partial charge in [-0.2, -0.15) is 0 Å². The zero-order valence-corrected chi connectivity index (χ0v) is 24.5. The van der Waals surface area contributed by atoms with E-state index in [-0.39, 0.29) is 31.5 Å². The molecule has 1 atom stereocenters. The summed E-state index contributed by atoms with van der Waals surface area (Å²) < 4.78 is 2.63. The molecule has 1 unspecified atom stereocenters. The first kappa shape index (κ1) is 28.4. The fraction of sp³-hybridized carbons (Fsp3) is 0.333. The molecular weight excluding hydrogens is 515 g/mol. The second-order valence-electron chi connectivity index (χ2n) is 7.95. The van der Waals surface area contributed by atoms with Gasteiger partial charge in [-0.15, -0.1) is 0 Å². The summed E-state index contributed by atoms with van der Waals surface area (Å²) >= 11 is -1.52. The molecule has 0 saturated carbocycles. The number of hydrogen-bond acceptors (Lipinski definition) is 0. The predicted octanol–water partition coefficient (Wildman–Crippen LogP) is 1.47. The third-order valence-electron chi connectivity index (χ3n) is 5.90. The molecule has 2 aliphatic rings. The Hall–Kier alpha value is -0.660. The van der Waals surface area contributed by atoms with Crippen LogP contribution in [0.5, 0.6) is 0 Å². The minimum absolute atomic E-state index is 0. The van der Waals surface area contributed by atoms with E-state index in [1.807, 2.05) is 3.28 Å². The van der Waals surface area contributed by atoms with E-state index in [9.17, 15) is 0 Å². The topological polar surface area (TPSA) is 0 Å². The molecule has 2 aromatic rings. The standard InChI is InChI=1S/C11H9.C9H7.C6H14.CH5Si.2ClH.Zr/c1-2-6-10(7-3-1)11-8-4-5-9-11;1-2-5-9-7-3-6-8(9)4-1;1-3-5-6-4-2;1-2;;;/h1-3,6-9H,4H2;1-7H;3-6H2,1-2H3;2H2,1H3;2*1H;/q;;;;;;+2/p-2. The fourth-order valence-electron chi connectivity index (χ4n) is 4.28. The Labute approximate surface area is 211 Å². The van der Waals surface area contributed by atoms with E-state index in [0.29, 0.717) is 0 Å². The van der Waals surface area contributed by atoms with Gasteiger partial charge in [0.1, 0.15) is 0 Å². The number of allylic oxidation sites excluding steroid dienone is 5. The maximum atomic E-state index is 2.55. The third-order valence-corrected chi connectivity index (χ3v) is 23.5. The molecule has 0 heterocycles. The minimum atomic E-state index is -1.52. The number of hydrogen-bond donors (Lipinski definition) is 0. The quantitative estimate of drug-likeness (QED) is 0.363. The molecule has 0 fully saturated rings. The van der Waals surface area contributed by atoms with E-state index in [4.69, 9.17) is 0 Å². The van der Waals surface area contributed by atoms with Crippen LogP contribution >= 0.6 is 0 Å². The molecule has 0 saturated heterocycles. The number of halogens is 2. The average Bonchev–Trinajstić information content (AvgIpc) is 3.42. The SMILES string of the molecule is CCCCCC.C[SiH2][Zr+2]([C]1=CC(c2ccccc2)=CC1)[CH]1C=Cc2ccccc21.[Cl-].[Cl-]. The van der Waals surface area contributed by atoms with Crippen LogP contribution in [-0.4, -0.2) is 6.65 Å². The maximum Gasteiger partial charge on any atom is -1.00 e. The minimum Gasteiger partial charge on any atom is -1.00 e. The zero-order chi connectivity index (χ0) is 20.5. The van der Waals surface area contributed by atoms with Gasteiger partial charge >= 0.3 is 149 Å². The van der Waals surface area contributed by atoms with Gasteiger partial charge in [0.25, 0.3) is 0 Å². The Balaban J connectivity index is 0.000000535. The van der Waals surface area contributed by atoms with Crippen molar-refractivity contribution >= 4 is 18.3 Å². The molecule has 2 aliphatic carbocycles. The van der Waals surface area contributed by atoms with Crippen molar-refractivity contribution in [2.75, 3.05) is 0 Å². The van der Waals surface area contributed by atoms with Crippen LogP contribution in [0.15, 0.2) is 76.1 Å². The molecule has 0 aliphatic heterocycles. The number of rotatable bonds is 7. The number of unbranched alkanes of at least 4 members (excludes halogenated alkanes) is 3. The van der Waals surface area contributed by atoms with Gasteiger partial charge in [0.15, 0.2) is 0 Å². The monoisotopic (exact) mass is 547 g/mol. The summed E-state index contributed by atoms with van der Waals surface area (Å²) in [5.41, 5.74) is 5.92. The van der Waals surface area contributed by atoms with Crippen molar-refractivity contribution in [1.82, 2.24) is 0 Å². The largest absolute Gasteiger partial charge is 1.00 e. The van der Waals surface area contributed by atoms with Gasteiger partial charge in [0.2, 0.25) is 0 Å². The number of fused-ring (bicyclic) bond motifs is 1. The van der Waals surface area contributed by atoms with E-state index in [1.54, 1.807) is 5.56 Å². The van der Waals surface area contributed by atoms with E-state index in [1.165, 1.54) is 48.8 Å². The van der Waals surface area contributed by atoms with Crippen LogP contribution < -0.4 is 24.8 Å². The smallest absolute Gasteiger partial charge is 1.00 e. The summed E-state index contributed by atoms with van der Waals surface area (Å²) in [5.74, 6) is 0. The van der Waals surface area contributed by atoms with Gasteiger partial charge in [-0.3, -0.25) is 0 Å². The van der Waals surface area contributed by atoms with Crippen LogP contribution in [0.2, 0.25) is 6.55 Å². The van der Waals surface area contributed by atoms with Crippen LogP contribution in [0.3, 0.4) is 0 Å². The van der Waals surface area contributed by atoms with E-state index in [0.717, 1.165) is 3.63 Å². The molecule has 4 rings (SSSR count). The Morgan fingerprint density at radius 1 is 0.903 bits per heavy atom. The Bertz CT molecular complexity index is 870. The van der Waals surface area contributed by atoms with Gasteiger partial charge in [0, 0.05) is 0 Å². The van der Waals surface area contributed by atoms with Crippen LogP contribution in [0.1, 0.15) is 66.3 Å². The molecule has 0 amide bonds. The van der Waals surface area contributed by atoms with Crippen LogP contribution in [-0.2, 0) is 20.9 Å². The molecular formula is C27H35Cl2SiZr. The summed E-state index contributed by atoms with van der Waals surface area (Å²) in [7, 11) is 0. The van der Waals surface area contributed by atoms with E-state index < -0.39 is 20.9 Å². The van der Waals surface area contributed by atoms with E-state index in [2.05, 4.69) is 99.3 Å². The fourth-order valence-corrected chi connectivity index (χ4v) is 20.4. The van der Waals surface area contributed by atoms with Gasteiger partial charge in [0.05, 0.1) is 0 Å². The molecule has 0 bridgehead atoms. The van der Waals surface area contributed by atoms with E-state index >= 15 is 0 Å². The molecule has 165 valence electrons. The van der Waals surface area contributed by atoms with Crippen molar-refractivity contribution in [3.63, 3.8) is 0 Å². The molecule has 0 aromatic heterocycles. The first-order valence-corrected chi connectivity index (χ1v) is 21.4. The van der Waals surface area contributed by atoms with Crippen molar-refractivity contribution in [2.45, 2.75) is 56.1 Å². The maximum absolute atomic E-state index is 2.55.